The zero-order valence-corrected chi connectivity index (χ0v) is 16.7. The van der Waals surface area contributed by atoms with Gasteiger partial charge in [-0.15, -0.1) is 0 Å². The fourth-order valence-electron chi connectivity index (χ4n) is 3.18. The molecule has 2 atom stereocenters. The van der Waals surface area contributed by atoms with Crippen LogP contribution in [-0.2, 0) is 9.59 Å². The van der Waals surface area contributed by atoms with Crippen molar-refractivity contribution < 1.29 is 19.5 Å². The molecular formula is C21H18Cl2N2O4. The lowest BCUT2D eigenvalue weighted by molar-refractivity contribution is -0.146. The quantitative estimate of drug-likeness (QED) is 0.588. The Hall–Kier alpha value is -2.83. The summed E-state index contributed by atoms with van der Waals surface area (Å²) >= 11 is 12.1. The van der Waals surface area contributed by atoms with Gasteiger partial charge in [0.25, 0.3) is 5.91 Å². The van der Waals surface area contributed by atoms with E-state index in [-0.39, 0.29) is 16.3 Å². The molecular weight excluding hydrogens is 415 g/mol. The number of allylic oxidation sites excluding steroid dienone is 2. The monoisotopic (exact) mass is 432 g/mol. The normalized spacial score (nSPS) is 18.1. The number of carbonyl (C=O) groups is 3. The molecule has 2 aromatic carbocycles. The zero-order chi connectivity index (χ0) is 21.0. The first kappa shape index (κ1) is 20.9. The van der Waals surface area contributed by atoms with E-state index in [9.17, 15) is 19.5 Å². The molecule has 1 aliphatic carbocycles. The van der Waals surface area contributed by atoms with Gasteiger partial charge in [0.15, 0.2) is 0 Å². The maximum absolute atomic E-state index is 12.8. The molecule has 2 amide bonds. The van der Waals surface area contributed by atoms with Crippen molar-refractivity contribution in [2.24, 2.45) is 11.8 Å². The van der Waals surface area contributed by atoms with Crippen molar-refractivity contribution in [1.82, 2.24) is 0 Å². The summed E-state index contributed by atoms with van der Waals surface area (Å²) in [5.41, 5.74) is 0.843. The van der Waals surface area contributed by atoms with Gasteiger partial charge in [0.05, 0.1) is 38.8 Å². The van der Waals surface area contributed by atoms with Crippen LogP contribution >= 0.6 is 23.2 Å². The van der Waals surface area contributed by atoms with Gasteiger partial charge >= 0.3 is 5.97 Å². The van der Waals surface area contributed by atoms with Crippen molar-refractivity contribution in [3.05, 3.63) is 70.2 Å². The number of rotatable bonds is 5. The lowest BCUT2D eigenvalue weighted by atomic mass is 9.82. The third-order valence-corrected chi connectivity index (χ3v) is 5.53. The van der Waals surface area contributed by atoms with Gasteiger partial charge in [-0.05, 0) is 37.1 Å². The van der Waals surface area contributed by atoms with Crippen LogP contribution in [0, 0.1) is 11.8 Å². The summed E-state index contributed by atoms with van der Waals surface area (Å²) in [7, 11) is 0. The zero-order valence-electron chi connectivity index (χ0n) is 15.2. The van der Waals surface area contributed by atoms with Crippen LogP contribution in [0.1, 0.15) is 23.2 Å². The second kappa shape index (κ2) is 9.11. The fourth-order valence-corrected chi connectivity index (χ4v) is 3.53. The molecule has 0 saturated carbocycles. The minimum Gasteiger partial charge on any atom is -0.481 e. The van der Waals surface area contributed by atoms with E-state index in [1.54, 1.807) is 54.6 Å². The number of aliphatic carboxylic acids is 1. The van der Waals surface area contributed by atoms with E-state index in [0.29, 0.717) is 23.6 Å². The van der Waals surface area contributed by atoms with Crippen molar-refractivity contribution in [1.29, 1.82) is 0 Å². The lowest BCUT2D eigenvalue weighted by Crippen LogP contribution is -2.35. The number of hydrogen-bond acceptors (Lipinski definition) is 3. The van der Waals surface area contributed by atoms with Gasteiger partial charge in [-0.2, -0.15) is 0 Å². The Balaban J connectivity index is 1.80. The van der Waals surface area contributed by atoms with Crippen molar-refractivity contribution >= 4 is 52.4 Å². The van der Waals surface area contributed by atoms with E-state index in [1.165, 1.54) is 0 Å². The highest BCUT2D eigenvalue weighted by Crippen LogP contribution is 2.31. The molecule has 29 heavy (non-hydrogen) atoms. The average molecular weight is 433 g/mol. The molecule has 3 rings (SSSR count). The molecule has 0 aliphatic heterocycles. The van der Waals surface area contributed by atoms with Gasteiger partial charge in [0.1, 0.15) is 0 Å². The number of halogens is 2. The molecule has 0 saturated heterocycles. The highest BCUT2D eigenvalue weighted by atomic mass is 35.5. The third kappa shape index (κ3) is 4.78. The Morgan fingerprint density at radius 1 is 0.862 bits per heavy atom. The van der Waals surface area contributed by atoms with E-state index in [4.69, 9.17) is 23.2 Å². The minimum atomic E-state index is -1.02. The summed E-state index contributed by atoms with van der Waals surface area (Å²) in [6.07, 6.45) is 4.18. The highest BCUT2D eigenvalue weighted by Gasteiger charge is 2.34. The van der Waals surface area contributed by atoms with Crippen LogP contribution in [0.15, 0.2) is 54.6 Å². The fraction of sp³-hybridized carbons (Fsp3) is 0.190. The highest BCUT2D eigenvalue weighted by molar-refractivity contribution is 6.44. The van der Waals surface area contributed by atoms with Gasteiger partial charge in [-0.3, -0.25) is 14.4 Å². The molecule has 1 aliphatic rings. The van der Waals surface area contributed by atoms with E-state index >= 15 is 0 Å². The minimum absolute atomic E-state index is 0.210. The van der Waals surface area contributed by atoms with Gasteiger partial charge in [-0.25, -0.2) is 0 Å². The predicted molar refractivity (Wildman–Crippen MR) is 112 cm³/mol. The third-order valence-electron chi connectivity index (χ3n) is 4.72. The molecule has 6 nitrogen and oxygen atoms in total. The number of carboxylic acids is 1. The van der Waals surface area contributed by atoms with Gasteiger partial charge < -0.3 is 15.7 Å². The van der Waals surface area contributed by atoms with E-state index in [2.05, 4.69) is 10.6 Å². The first-order valence-electron chi connectivity index (χ1n) is 8.91. The van der Waals surface area contributed by atoms with Crippen LogP contribution in [0.2, 0.25) is 10.0 Å². The topological polar surface area (TPSA) is 95.5 Å². The van der Waals surface area contributed by atoms with Crippen LogP contribution in [0.5, 0.6) is 0 Å². The molecule has 2 aromatic rings. The van der Waals surface area contributed by atoms with Crippen LogP contribution in [0.4, 0.5) is 11.4 Å². The second-order valence-corrected chi connectivity index (χ2v) is 7.37. The van der Waals surface area contributed by atoms with E-state index in [0.717, 1.165) is 0 Å². The van der Waals surface area contributed by atoms with Gasteiger partial charge in [0.2, 0.25) is 5.91 Å². The van der Waals surface area contributed by atoms with Crippen LogP contribution in [-0.4, -0.2) is 22.9 Å². The van der Waals surface area contributed by atoms with Crippen molar-refractivity contribution in [2.75, 3.05) is 10.6 Å². The van der Waals surface area contributed by atoms with Crippen LogP contribution in [0.3, 0.4) is 0 Å². The van der Waals surface area contributed by atoms with E-state index in [1.807, 2.05) is 0 Å². The Morgan fingerprint density at radius 2 is 1.52 bits per heavy atom. The van der Waals surface area contributed by atoms with Crippen LogP contribution in [0.25, 0.3) is 0 Å². The molecule has 3 N–H and O–H groups in total. The number of benzene rings is 2. The Bertz CT molecular complexity index is 990. The largest absolute Gasteiger partial charge is 0.481 e. The average Bonchev–Trinajstić information content (AvgIpc) is 2.71. The molecule has 8 heteroatoms. The lowest BCUT2D eigenvalue weighted by Gasteiger charge is -2.24. The summed E-state index contributed by atoms with van der Waals surface area (Å²) in [4.78, 5) is 37.0. The number of hydrogen-bond donors (Lipinski definition) is 3. The Labute approximate surface area is 177 Å². The number of anilines is 2. The van der Waals surface area contributed by atoms with Gasteiger partial charge in [0, 0.05) is 0 Å². The first-order valence-corrected chi connectivity index (χ1v) is 9.67. The summed E-state index contributed by atoms with van der Waals surface area (Å²) in [6.45, 7) is 0. The van der Waals surface area contributed by atoms with Crippen molar-refractivity contribution in [3.8, 4) is 0 Å². The summed E-state index contributed by atoms with van der Waals surface area (Å²) in [6, 6.07) is 11.3. The first-order chi connectivity index (χ1) is 13.9. The number of para-hydroxylation sites is 1. The molecule has 0 bridgehead atoms. The molecule has 0 aromatic heterocycles. The maximum Gasteiger partial charge on any atom is 0.307 e. The number of carboxylic acid groups (broad SMARTS) is 1. The Morgan fingerprint density at radius 3 is 2.24 bits per heavy atom. The molecule has 0 radical (unpaired) electrons. The summed E-state index contributed by atoms with van der Waals surface area (Å²) < 4.78 is 0. The van der Waals surface area contributed by atoms with E-state index < -0.39 is 29.6 Å². The van der Waals surface area contributed by atoms with Gasteiger partial charge in [-0.1, -0.05) is 53.6 Å². The number of carbonyl (C=O) groups excluding carboxylic acids is 2. The predicted octanol–water partition coefficient (Wildman–Crippen LogP) is 4.85. The SMILES string of the molecule is O=C(Nc1cccc(Cl)c1Cl)c1ccccc1NC(=O)[C@H]1CC=CC[C@H]1C(=O)O. The molecule has 150 valence electrons. The molecule has 0 spiro atoms. The second-order valence-electron chi connectivity index (χ2n) is 6.58. The van der Waals surface area contributed by atoms with Crippen LogP contribution < -0.4 is 10.6 Å². The molecule has 0 heterocycles. The Kier molecular flexibility index (Phi) is 6.56. The summed E-state index contributed by atoms with van der Waals surface area (Å²) in [5, 5.41) is 15.3. The summed E-state index contributed by atoms with van der Waals surface area (Å²) in [5.74, 6) is -3.45. The molecule has 0 unspecified atom stereocenters. The molecule has 0 fully saturated rings. The maximum atomic E-state index is 12.8. The standard InChI is InChI=1S/C21H18Cl2N2O4/c22-15-9-5-11-17(18(15)23)25-20(27)14-8-3-4-10-16(14)24-19(26)12-6-1-2-7-13(12)21(28)29/h1-5,8-13H,6-7H2,(H,24,26)(H,25,27)(H,28,29)/t12-,13+/m0/s1. The van der Waals surface area contributed by atoms with Crippen molar-refractivity contribution in [3.63, 3.8) is 0 Å². The number of amides is 2. The van der Waals surface area contributed by atoms with Crippen molar-refractivity contribution in [2.45, 2.75) is 12.8 Å². The number of nitrogens with one attached hydrogen (secondary N) is 2. The smallest absolute Gasteiger partial charge is 0.307 e.